The molecule has 7 rings (SSSR count). The topological polar surface area (TPSA) is 29.0 Å². The molecule has 3 aromatic carbocycles. The van der Waals surface area contributed by atoms with Crippen LogP contribution < -0.4 is 4.90 Å². The van der Waals surface area contributed by atoms with Crippen LogP contribution in [-0.2, 0) is 0 Å². The minimum atomic E-state index is 0.104. The van der Waals surface area contributed by atoms with Crippen LogP contribution in [0.2, 0.25) is 0 Å². The van der Waals surface area contributed by atoms with Crippen molar-refractivity contribution < 1.29 is 0 Å². The Morgan fingerprint density at radius 1 is 0.486 bits per heavy atom. The lowest BCUT2D eigenvalue weighted by atomic mass is 9.82. The van der Waals surface area contributed by atoms with E-state index in [-0.39, 0.29) is 23.9 Å². The minimum absolute atomic E-state index is 0.104. The maximum Gasteiger partial charge on any atom is 0.227 e. The fourth-order valence-corrected chi connectivity index (χ4v) is 5.94. The van der Waals surface area contributed by atoms with Gasteiger partial charge in [-0.05, 0) is 17.2 Å². The predicted octanol–water partition coefficient (Wildman–Crippen LogP) is 7.49. The zero-order chi connectivity index (χ0) is 24.6. The summed E-state index contributed by atoms with van der Waals surface area (Å²) < 4.78 is 0. The van der Waals surface area contributed by atoms with Gasteiger partial charge in [0.1, 0.15) is 0 Å². The Hall–Kier alpha value is -4.50. The summed E-state index contributed by atoms with van der Waals surface area (Å²) in [6.07, 6.45) is 18.0. The molecule has 4 unspecified atom stereocenters. The highest BCUT2D eigenvalue weighted by atomic mass is 15.3. The molecule has 3 heteroatoms. The van der Waals surface area contributed by atoms with E-state index in [0.717, 1.165) is 28.5 Å². The zero-order valence-electron chi connectivity index (χ0n) is 20.4. The molecule has 4 aromatic rings. The zero-order valence-corrected chi connectivity index (χ0v) is 20.4. The number of fused-ring (bicyclic) bond motifs is 5. The van der Waals surface area contributed by atoms with Gasteiger partial charge in [0.2, 0.25) is 5.95 Å². The van der Waals surface area contributed by atoms with Gasteiger partial charge in [-0.1, -0.05) is 134 Å². The highest BCUT2D eigenvalue weighted by molar-refractivity contribution is 5.70. The molecule has 178 valence electrons. The SMILES string of the molecule is C1=CC2c3ccccc3C3C=CC=CC3N(c3nc(-c4ccccc4)cc(-c4ccccc4)n3)C2C=C1. The number of nitrogens with zero attached hydrogens (tertiary/aromatic N) is 3. The maximum absolute atomic E-state index is 5.24. The summed E-state index contributed by atoms with van der Waals surface area (Å²) in [7, 11) is 0. The molecule has 0 radical (unpaired) electrons. The molecule has 0 amide bonds. The van der Waals surface area contributed by atoms with Gasteiger partial charge in [0, 0.05) is 23.0 Å². The molecular formula is C34H27N3. The van der Waals surface area contributed by atoms with Crippen molar-refractivity contribution in [2.75, 3.05) is 4.90 Å². The molecule has 4 atom stereocenters. The molecule has 0 fully saturated rings. The number of rotatable bonds is 3. The van der Waals surface area contributed by atoms with Crippen LogP contribution >= 0.6 is 0 Å². The lowest BCUT2D eigenvalue weighted by Crippen LogP contribution is -2.46. The first kappa shape index (κ1) is 21.8. The molecule has 2 aliphatic carbocycles. The Balaban J connectivity index is 1.46. The van der Waals surface area contributed by atoms with E-state index in [2.05, 4.69) is 132 Å². The first-order valence-corrected chi connectivity index (χ1v) is 12.9. The van der Waals surface area contributed by atoms with Crippen LogP contribution in [0.5, 0.6) is 0 Å². The number of hydrogen-bond acceptors (Lipinski definition) is 3. The molecule has 3 nitrogen and oxygen atoms in total. The number of aromatic nitrogens is 2. The lowest BCUT2D eigenvalue weighted by Gasteiger charge is -2.40. The van der Waals surface area contributed by atoms with Gasteiger partial charge in [-0.15, -0.1) is 0 Å². The molecule has 0 saturated carbocycles. The van der Waals surface area contributed by atoms with E-state index in [4.69, 9.17) is 9.97 Å². The fraction of sp³-hybridized carbons (Fsp3) is 0.118. The quantitative estimate of drug-likeness (QED) is 0.306. The summed E-state index contributed by atoms with van der Waals surface area (Å²) in [5, 5.41) is 0. The van der Waals surface area contributed by atoms with Crippen molar-refractivity contribution in [3.05, 3.63) is 151 Å². The molecule has 0 bridgehead atoms. The van der Waals surface area contributed by atoms with Gasteiger partial charge < -0.3 is 4.90 Å². The average molecular weight is 478 g/mol. The van der Waals surface area contributed by atoms with Gasteiger partial charge in [0.05, 0.1) is 23.5 Å². The smallest absolute Gasteiger partial charge is 0.227 e. The molecule has 0 saturated heterocycles. The van der Waals surface area contributed by atoms with E-state index < -0.39 is 0 Å². The molecule has 0 N–H and O–H groups in total. The third-order valence-corrected chi connectivity index (χ3v) is 7.65. The first-order valence-electron chi connectivity index (χ1n) is 12.9. The summed E-state index contributed by atoms with van der Waals surface area (Å²) in [5.74, 6) is 1.20. The van der Waals surface area contributed by atoms with Gasteiger partial charge in [0.15, 0.2) is 0 Å². The predicted molar refractivity (Wildman–Crippen MR) is 151 cm³/mol. The van der Waals surface area contributed by atoms with E-state index in [9.17, 15) is 0 Å². The Labute approximate surface area is 217 Å². The summed E-state index contributed by atoms with van der Waals surface area (Å²) >= 11 is 0. The normalized spacial score (nSPS) is 23.2. The van der Waals surface area contributed by atoms with E-state index in [1.54, 1.807) is 0 Å². The second kappa shape index (κ2) is 9.18. The molecule has 2 heterocycles. The summed E-state index contributed by atoms with van der Waals surface area (Å²) in [4.78, 5) is 12.9. The average Bonchev–Trinajstić information content (AvgIpc) is 3.11. The molecule has 1 aromatic heterocycles. The van der Waals surface area contributed by atoms with Gasteiger partial charge >= 0.3 is 0 Å². The van der Waals surface area contributed by atoms with Crippen molar-refractivity contribution in [2.24, 2.45) is 0 Å². The van der Waals surface area contributed by atoms with Crippen LogP contribution in [0.15, 0.2) is 140 Å². The maximum atomic E-state index is 5.24. The van der Waals surface area contributed by atoms with Gasteiger partial charge in [-0.25, -0.2) is 9.97 Å². The largest absolute Gasteiger partial charge is 0.326 e. The van der Waals surface area contributed by atoms with Crippen molar-refractivity contribution in [2.45, 2.75) is 23.9 Å². The van der Waals surface area contributed by atoms with Crippen LogP contribution in [0.1, 0.15) is 23.0 Å². The third kappa shape index (κ3) is 3.84. The minimum Gasteiger partial charge on any atom is -0.326 e. The highest BCUT2D eigenvalue weighted by Gasteiger charge is 2.41. The second-order valence-corrected chi connectivity index (χ2v) is 9.78. The van der Waals surface area contributed by atoms with Gasteiger partial charge in [-0.3, -0.25) is 0 Å². The highest BCUT2D eigenvalue weighted by Crippen LogP contribution is 2.45. The second-order valence-electron chi connectivity index (χ2n) is 9.78. The van der Waals surface area contributed by atoms with Crippen molar-refractivity contribution >= 4 is 5.95 Å². The number of allylic oxidation sites excluding steroid dienone is 4. The fourth-order valence-electron chi connectivity index (χ4n) is 5.94. The Kier molecular flexibility index (Phi) is 5.40. The first-order chi connectivity index (χ1) is 18.4. The van der Waals surface area contributed by atoms with E-state index in [1.165, 1.54) is 11.1 Å². The number of anilines is 1. The summed E-state index contributed by atoms with van der Waals surface area (Å²) in [6.45, 7) is 0. The van der Waals surface area contributed by atoms with Gasteiger partial charge in [0.25, 0.3) is 0 Å². The van der Waals surface area contributed by atoms with E-state index >= 15 is 0 Å². The number of benzene rings is 3. The Morgan fingerprint density at radius 3 is 1.41 bits per heavy atom. The molecule has 1 aliphatic heterocycles. The van der Waals surface area contributed by atoms with E-state index in [0.29, 0.717) is 0 Å². The van der Waals surface area contributed by atoms with Crippen LogP contribution in [0, 0.1) is 0 Å². The third-order valence-electron chi connectivity index (χ3n) is 7.65. The van der Waals surface area contributed by atoms with E-state index in [1.807, 2.05) is 12.1 Å². The van der Waals surface area contributed by atoms with Crippen molar-refractivity contribution in [1.29, 1.82) is 0 Å². The molecule has 37 heavy (non-hydrogen) atoms. The van der Waals surface area contributed by atoms with Crippen molar-refractivity contribution in [3.63, 3.8) is 0 Å². The van der Waals surface area contributed by atoms with Crippen molar-refractivity contribution in [1.82, 2.24) is 9.97 Å². The van der Waals surface area contributed by atoms with Crippen molar-refractivity contribution in [3.8, 4) is 22.5 Å². The van der Waals surface area contributed by atoms with Crippen LogP contribution in [0.4, 0.5) is 5.95 Å². The molecule has 3 aliphatic rings. The Bertz CT molecular complexity index is 1440. The van der Waals surface area contributed by atoms with Crippen LogP contribution in [-0.4, -0.2) is 22.1 Å². The number of hydrogen-bond donors (Lipinski definition) is 0. The van der Waals surface area contributed by atoms with Crippen LogP contribution in [0.25, 0.3) is 22.5 Å². The molecular weight excluding hydrogens is 450 g/mol. The summed E-state index contributed by atoms with van der Waals surface area (Å²) in [5.41, 5.74) is 6.82. The lowest BCUT2D eigenvalue weighted by molar-refractivity contribution is 0.560. The monoisotopic (exact) mass is 477 g/mol. The van der Waals surface area contributed by atoms with Gasteiger partial charge in [-0.2, -0.15) is 0 Å². The van der Waals surface area contributed by atoms with Crippen LogP contribution in [0.3, 0.4) is 0 Å². The standard InChI is InChI=1S/C34H27N3/c1-3-13-24(14-4-1)30-23-31(25-15-5-2-6-16-25)36-34(35-30)37-32-21-11-9-19-28(32)26-17-7-8-18-27(26)29-20-10-12-22-33(29)37/h1-23,28-29,32-33H. The Morgan fingerprint density at radius 2 is 0.919 bits per heavy atom. The summed E-state index contributed by atoms with van der Waals surface area (Å²) in [6, 6.07) is 32.1. The molecule has 0 spiro atoms.